The van der Waals surface area contributed by atoms with E-state index in [1.807, 2.05) is 0 Å². The molecule has 0 bridgehead atoms. The average molecular weight is 299 g/mol. The fourth-order valence-electron chi connectivity index (χ4n) is 2.18. The number of halogens is 1. The summed E-state index contributed by atoms with van der Waals surface area (Å²) in [4.78, 5) is -0.387. The zero-order chi connectivity index (χ0) is 14.9. The van der Waals surface area contributed by atoms with Gasteiger partial charge < -0.3 is 10.4 Å². The molecule has 0 radical (unpaired) electrons. The van der Waals surface area contributed by atoms with E-state index in [0.717, 1.165) is 10.4 Å². The van der Waals surface area contributed by atoms with Gasteiger partial charge in [-0.05, 0) is 12.1 Å². The predicted molar refractivity (Wildman–Crippen MR) is 68.7 cm³/mol. The van der Waals surface area contributed by atoms with Crippen molar-refractivity contribution in [1.29, 1.82) is 5.26 Å². The van der Waals surface area contributed by atoms with Crippen molar-refractivity contribution in [3.8, 4) is 6.07 Å². The third-order valence-electron chi connectivity index (χ3n) is 3.36. The Morgan fingerprint density at radius 1 is 1.50 bits per heavy atom. The van der Waals surface area contributed by atoms with Crippen LogP contribution in [-0.2, 0) is 10.0 Å². The normalized spacial score (nSPS) is 22.9. The van der Waals surface area contributed by atoms with Crippen LogP contribution in [0.1, 0.15) is 5.56 Å². The molecule has 2 rings (SSSR count). The minimum Gasteiger partial charge on any atom is -0.390 e. The summed E-state index contributed by atoms with van der Waals surface area (Å²) in [5.74, 6) is -0.882. The summed E-state index contributed by atoms with van der Waals surface area (Å²) >= 11 is 0. The van der Waals surface area contributed by atoms with Crippen LogP contribution in [0.4, 0.5) is 4.39 Å². The van der Waals surface area contributed by atoms with Gasteiger partial charge in [0.1, 0.15) is 22.3 Å². The van der Waals surface area contributed by atoms with E-state index in [1.54, 1.807) is 6.07 Å². The first kappa shape index (κ1) is 14.9. The molecule has 0 aliphatic carbocycles. The topological polar surface area (TPSA) is 93.4 Å². The van der Waals surface area contributed by atoms with E-state index in [9.17, 15) is 17.9 Å². The Balaban J connectivity index is 2.46. The van der Waals surface area contributed by atoms with Crippen LogP contribution in [0.15, 0.2) is 23.1 Å². The lowest BCUT2D eigenvalue weighted by Crippen LogP contribution is -2.44. The van der Waals surface area contributed by atoms with E-state index in [1.165, 1.54) is 19.2 Å². The summed E-state index contributed by atoms with van der Waals surface area (Å²) in [6.45, 7) is 0.590. The van der Waals surface area contributed by atoms with E-state index in [0.29, 0.717) is 13.1 Å². The fraction of sp³-hybridized carbons (Fsp3) is 0.417. The van der Waals surface area contributed by atoms with Crippen molar-refractivity contribution >= 4 is 10.0 Å². The molecule has 2 N–H and O–H groups in total. The van der Waals surface area contributed by atoms with Crippen LogP contribution in [0.2, 0.25) is 0 Å². The Hall–Kier alpha value is -1.53. The third kappa shape index (κ3) is 2.41. The summed E-state index contributed by atoms with van der Waals surface area (Å²) in [6.07, 6.45) is -0.839. The molecule has 1 aliphatic heterocycles. The fourth-order valence-corrected chi connectivity index (χ4v) is 3.72. The van der Waals surface area contributed by atoms with Crippen molar-refractivity contribution in [3.63, 3.8) is 0 Å². The predicted octanol–water partition coefficient (Wildman–Crippen LogP) is -0.349. The van der Waals surface area contributed by atoms with Gasteiger partial charge in [-0.3, -0.25) is 0 Å². The third-order valence-corrected chi connectivity index (χ3v) is 5.29. The number of nitrogens with one attached hydrogen (secondary N) is 1. The molecule has 1 aliphatic rings. The summed E-state index contributed by atoms with van der Waals surface area (Å²) in [6, 6.07) is 4.37. The molecule has 1 fully saturated rings. The number of rotatable bonds is 3. The highest BCUT2D eigenvalue weighted by Crippen LogP contribution is 2.24. The molecule has 0 saturated carbocycles. The van der Waals surface area contributed by atoms with E-state index in [4.69, 9.17) is 5.26 Å². The molecule has 0 unspecified atom stereocenters. The lowest BCUT2D eigenvalue weighted by molar-refractivity contribution is 0.136. The highest BCUT2D eigenvalue weighted by atomic mass is 32.2. The van der Waals surface area contributed by atoms with Gasteiger partial charge in [-0.1, -0.05) is 6.07 Å². The second-order valence-corrected chi connectivity index (χ2v) is 6.50. The number of β-amino-alcohol motifs (C(OH)–C–C–N with tert-alkyl or cyclic N) is 1. The maximum atomic E-state index is 13.5. The quantitative estimate of drug-likeness (QED) is 0.796. The standard InChI is InChI=1S/C12H14FN3O3S/c1-16(10-6-15-7-11(10)17)20(18,19)12-4-2-3-9(13)8(12)5-14/h2-4,10-11,15,17H,6-7H2,1H3/t10-,11-/m0/s1. The number of aliphatic hydroxyl groups is 1. The van der Waals surface area contributed by atoms with Crippen molar-refractivity contribution in [2.45, 2.75) is 17.0 Å². The van der Waals surface area contributed by atoms with Crippen molar-refractivity contribution in [3.05, 3.63) is 29.6 Å². The van der Waals surface area contributed by atoms with E-state index < -0.39 is 33.5 Å². The minimum atomic E-state index is -4.05. The molecule has 108 valence electrons. The van der Waals surface area contributed by atoms with Crippen LogP contribution < -0.4 is 5.32 Å². The van der Waals surface area contributed by atoms with Crippen LogP contribution in [0.3, 0.4) is 0 Å². The van der Waals surface area contributed by atoms with Crippen molar-refractivity contribution in [1.82, 2.24) is 9.62 Å². The van der Waals surface area contributed by atoms with Crippen molar-refractivity contribution in [2.75, 3.05) is 20.1 Å². The Labute approximate surface area is 116 Å². The number of hydrogen-bond acceptors (Lipinski definition) is 5. The molecule has 0 aromatic heterocycles. The van der Waals surface area contributed by atoms with Gasteiger partial charge in [0.05, 0.1) is 12.1 Å². The zero-order valence-electron chi connectivity index (χ0n) is 10.7. The van der Waals surface area contributed by atoms with Gasteiger partial charge in [0, 0.05) is 20.1 Å². The maximum Gasteiger partial charge on any atom is 0.244 e. The van der Waals surface area contributed by atoms with Gasteiger partial charge in [-0.15, -0.1) is 0 Å². The maximum absolute atomic E-state index is 13.5. The molecule has 1 aromatic rings. The molecule has 6 nitrogen and oxygen atoms in total. The van der Waals surface area contributed by atoms with Crippen LogP contribution >= 0.6 is 0 Å². The first-order valence-electron chi connectivity index (χ1n) is 5.95. The molecule has 1 heterocycles. The number of aliphatic hydroxyl groups excluding tert-OH is 1. The lowest BCUT2D eigenvalue weighted by atomic mass is 10.2. The smallest absolute Gasteiger partial charge is 0.244 e. The zero-order valence-corrected chi connectivity index (χ0v) is 11.6. The minimum absolute atomic E-state index is 0.290. The average Bonchev–Trinajstić information content (AvgIpc) is 2.83. The molecule has 8 heteroatoms. The number of hydrogen-bond donors (Lipinski definition) is 2. The Bertz CT molecular complexity index is 656. The van der Waals surface area contributed by atoms with Gasteiger partial charge in [0.2, 0.25) is 10.0 Å². The summed E-state index contributed by atoms with van der Waals surface area (Å²) in [5.41, 5.74) is -0.514. The second-order valence-electron chi connectivity index (χ2n) is 4.54. The van der Waals surface area contributed by atoms with E-state index >= 15 is 0 Å². The molecular formula is C12H14FN3O3S. The van der Waals surface area contributed by atoms with Gasteiger partial charge in [-0.2, -0.15) is 9.57 Å². The number of benzene rings is 1. The molecule has 1 saturated heterocycles. The van der Waals surface area contributed by atoms with Gasteiger partial charge in [0.25, 0.3) is 0 Å². The van der Waals surface area contributed by atoms with E-state index in [-0.39, 0.29) is 4.90 Å². The molecule has 2 atom stereocenters. The van der Waals surface area contributed by atoms with Crippen LogP contribution in [-0.4, -0.2) is 50.1 Å². The monoisotopic (exact) mass is 299 g/mol. The molecule has 0 amide bonds. The summed E-state index contributed by atoms with van der Waals surface area (Å²) in [5, 5.41) is 21.5. The van der Waals surface area contributed by atoms with E-state index in [2.05, 4.69) is 5.32 Å². The first-order valence-corrected chi connectivity index (χ1v) is 7.39. The van der Waals surface area contributed by atoms with Crippen molar-refractivity contribution < 1.29 is 17.9 Å². The highest BCUT2D eigenvalue weighted by molar-refractivity contribution is 7.89. The Kier molecular flexibility index (Phi) is 4.06. The highest BCUT2D eigenvalue weighted by Gasteiger charge is 2.37. The number of sulfonamides is 1. The molecule has 0 spiro atoms. The van der Waals surface area contributed by atoms with Crippen LogP contribution in [0.25, 0.3) is 0 Å². The summed E-state index contributed by atoms with van der Waals surface area (Å²) < 4.78 is 39.4. The Morgan fingerprint density at radius 2 is 2.20 bits per heavy atom. The molecule has 1 aromatic carbocycles. The molecule has 20 heavy (non-hydrogen) atoms. The van der Waals surface area contributed by atoms with Crippen molar-refractivity contribution in [2.24, 2.45) is 0 Å². The number of nitrogens with zero attached hydrogens (tertiary/aromatic N) is 2. The van der Waals surface area contributed by atoms with Crippen LogP contribution in [0, 0.1) is 17.1 Å². The Morgan fingerprint density at radius 3 is 2.75 bits per heavy atom. The number of likely N-dealkylation sites (N-methyl/N-ethyl adjacent to an activating group) is 1. The first-order chi connectivity index (χ1) is 9.39. The second kappa shape index (κ2) is 5.46. The summed E-state index contributed by atoms with van der Waals surface area (Å²) in [7, 11) is -2.74. The van der Waals surface area contributed by atoms with Gasteiger partial charge in [0.15, 0.2) is 0 Å². The lowest BCUT2D eigenvalue weighted by Gasteiger charge is -2.26. The molecular weight excluding hydrogens is 285 g/mol. The van der Waals surface area contributed by atoms with Crippen LogP contribution in [0.5, 0.6) is 0 Å². The van der Waals surface area contributed by atoms with Gasteiger partial charge in [-0.25, -0.2) is 12.8 Å². The largest absolute Gasteiger partial charge is 0.390 e. The number of nitriles is 1. The van der Waals surface area contributed by atoms with Gasteiger partial charge >= 0.3 is 0 Å². The SMILES string of the molecule is CN([C@H]1CNC[C@@H]1O)S(=O)(=O)c1cccc(F)c1C#N.